The summed E-state index contributed by atoms with van der Waals surface area (Å²) in [5.41, 5.74) is 5.93. The summed E-state index contributed by atoms with van der Waals surface area (Å²) in [6.45, 7) is 6.04. The molecule has 1 fully saturated rings. The third-order valence-electron chi connectivity index (χ3n) is 3.21. The van der Waals surface area contributed by atoms with Crippen molar-refractivity contribution < 1.29 is 14.7 Å². The number of rotatable bonds is 6. The Hall–Kier alpha value is -0.750. The fourth-order valence-corrected chi connectivity index (χ4v) is 3.84. The van der Waals surface area contributed by atoms with Gasteiger partial charge in [-0.05, 0) is 18.8 Å². The zero-order valence-electron chi connectivity index (χ0n) is 11.8. The topological polar surface area (TPSA) is 83.6 Å². The van der Waals surface area contributed by atoms with Crippen LogP contribution >= 0.6 is 11.8 Å². The molecule has 1 aliphatic rings. The van der Waals surface area contributed by atoms with Crippen LogP contribution < -0.4 is 5.73 Å². The monoisotopic (exact) mass is 288 g/mol. The molecule has 1 heterocycles. The van der Waals surface area contributed by atoms with Gasteiger partial charge in [0.25, 0.3) is 0 Å². The van der Waals surface area contributed by atoms with Crippen molar-refractivity contribution in [1.82, 2.24) is 4.90 Å². The minimum absolute atomic E-state index is 0.0446. The van der Waals surface area contributed by atoms with Crippen LogP contribution in [-0.4, -0.2) is 45.1 Å². The number of amides is 1. The van der Waals surface area contributed by atoms with Gasteiger partial charge in [-0.25, -0.2) is 4.79 Å². The highest BCUT2D eigenvalue weighted by Crippen LogP contribution is 2.33. The lowest BCUT2D eigenvalue weighted by atomic mass is 10.0. The Morgan fingerprint density at radius 1 is 1.47 bits per heavy atom. The van der Waals surface area contributed by atoms with Crippen LogP contribution in [0.25, 0.3) is 0 Å². The number of carbonyl (C=O) groups excluding carboxylic acids is 1. The Morgan fingerprint density at radius 2 is 2.11 bits per heavy atom. The molecule has 3 atom stereocenters. The average molecular weight is 288 g/mol. The molecule has 5 nitrogen and oxygen atoms in total. The predicted octanol–water partition coefficient (Wildman–Crippen LogP) is 1.51. The van der Waals surface area contributed by atoms with Gasteiger partial charge in [-0.2, -0.15) is 0 Å². The van der Waals surface area contributed by atoms with E-state index in [4.69, 9.17) is 5.73 Å². The first-order valence-electron chi connectivity index (χ1n) is 6.80. The van der Waals surface area contributed by atoms with Gasteiger partial charge in [-0.1, -0.05) is 27.2 Å². The zero-order chi connectivity index (χ0) is 14.6. The lowest BCUT2D eigenvalue weighted by Gasteiger charge is -2.30. The van der Waals surface area contributed by atoms with Crippen molar-refractivity contribution in [1.29, 1.82) is 0 Å². The largest absolute Gasteiger partial charge is 0.480 e. The smallest absolute Gasteiger partial charge is 0.327 e. The van der Waals surface area contributed by atoms with Gasteiger partial charge in [0.05, 0.1) is 11.4 Å². The predicted molar refractivity (Wildman–Crippen MR) is 76.9 cm³/mol. The summed E-state index contributed by atoms with van der Waals surface area (Å²) in [6.07, 6.45) is 2.33. The van der Waals surface area contributed by atoms with E-state index in [1.165, 1.54) is 4.90 Å². The third-order valence-corrected chi connectivity index (χ3v) is 4.57. The van der Waals surface area contributed by atoms with Gasteiger partial charge < -0.3 is 15.7 Å². The van der Waals surface area contributed by atoms with Crippen LogP contribution in [0.3, 0.4) is 0 Å². The molecule has 3 unspecified atom stereocenters. The third kappa shape index (κ3) is 4.11. The number of nitrogens with two attached hydrogens (primary N) is 1. The number of carboxylic acids is 1. The van der Waals surface area contributed by atoms with Crippen molar-refractivity contribution in [3.8, 4) is 0 Å². The van der Waals surface area contributed by atoms with E-state index in [0.717, 1.165) is 12.8 Å². The van der Waals surface area contributed by atoms with Gasteiger partial charge in [-0.3, -0.25) is 4.79 Å². The highest BCUT2D eigenvalue weighted by molar-refractivity contribution is 8.00. The molecule has 0 spiro atoms. The molecule has 1 saturated heterocycles. The fraction of sp³-hybridized carbons (Fsp3) is 0.846. The normalized spacial score (nSPS) is 24.8. The summed E-state index contributed by atoms with van der Waals surface area (Å²) in [4.78, 5) is 25.2. The summed E-state index contributed by atoms with van der Waals surface area (Å²) in [5, 5.41) is 9.19. The van der Waals surface area contributed by atoms with Gasteiger partial charge in [0.15, 0.2) is 0 Å². The van der Waals surface area contributed by atoms with Crippen molar-refractivity contribution >= 4 is 23.6 Å². The quantitative estimate of drug-likeness (QED) is 0.774. The Bertz CT molecular complexity index is 336. The molecule has 6 heteroatoms. The number of carbonyl (C=O) groups is 2. The lowest BCUT2D eigenvalue weighted by molar-refractivity contribution is -0.149. The van der Waals surface area contributed by atoms with Crippen LogP contribution in [0.15, 0.2) is 0 Å². The molecule has 1 amide bonds. The first-order valence-corrected chi connectivity index (χ1v) is 7.85. The summed E-state index contributed by atoms with van der Waals surface area (Å²) < 4.78 is 0. The van der Waals surface area contributed by atoms with E-state index in [0.29, 0.717) is 18.1 Å². The molecule has 0 aromatic heterocycles. The second kappa shape index (κ2) is 7.14. The summed E-state index contributed by atoms with van der Waals surface area (Å²) >= 11 is 1.54. The molecule has 0 aromatic carbocycles. The number of hydrogen-bond acceptors (Lipinski definition) is 4. The number of thioether (sulfide) groups is 1. The SMILES string of the molecule is CCCC1SCC(C(=O)O)N1C(=O)C(N)CC(C)C. The molecule has 3 N–H and O–H groups in total. The van der Waals surface area contributed by atoms with Crippen molar-refractivity contribution in [3.05, 3.63) is 0 Å². The molecular weight excluding hydrogens is 264 g/mol. The number of aliphatic carboxylic acids is 1. The van der Waals surface area contributed by atoms with Gasteiger partial charge in [0.2, 0.25) is 5.91 Å². The van der Waals surface area contributed by atoms with E-state index in [9.17, 15) is 14.7 Å². The first-order chi connectivity index (χ1) is 8.88. The molecule has 0 aromatic rings. The molecule has 0 bridgehead atoms. The first kappa shape index (κ1) is 16.3. The molecule has 1 rings (SSSR count). The Labute approximate surface area is 118 Å². The van der Waals surface area contributed by atoms with Crippen molar-refractivity contribution in [3.63, 3.8) is 0 Å². The highest BCUT2D eigenvalue weighted by Gasteiger charge is 2.42. The van der Waals surface area contributed by atoms with E-state index in [-0.39, 0.29) is 11.3 Å². The molecule has 19 heavy (non-hydrogen) atoms. The number of nitrogens with zero attached hydrogens (tertiary/aromatic N) is 1. The van der Waals surface area contributed by atoms with Crippen LogP contribution in [0.5, 0.6) is 0 Å². The molecule has 0 aliphatic carbocycles. The zero-order valence-corrected chi connectivity index (χ0v) is 12.7. The van der Waals surface area contributed by atoms with Gasteiger partial charge in [0, 0.05) is 5.75 Å². The van der Waals surface area contributed by atoms with Crippen LogP contribution in [0.4, 0.5) is 0 Å². The molecule has 0 saturated carbocycles. The molecule has 0 radical (unpaired) electrons. The maximum absolute atomic E-state index is 12.4. The second-order valence-electron chi connectivity index (χ2n) is 5.41. The van der Waals surface area contributed by atoms with Crippen LogP contribution in [0, 0.1) is 5.92 Å². The van der Waals surface area contributed by atoms with Gasteiger partial charge in [-0.15, -0.1) is 11.8 Å². The van der Waals surface area contributed by atoms with Crippen LogP contribution in [0.1, 0.15) is 40.0 Å². The molecule has 110 valence electrons. The van der Waals surface area contributed by atoms with Crippen molar-refractivity contribution in [2.24, 2.45) is 11.7 Å². The Balaban J connectivity index is 2.82. The summed E-state index contributed by atoms with van der Waals surface area (Å²) in [5.74, 6) is -0.372. The Kier molecular flexibility index (Phi) is 6.13. The van der Waals surface area contributed by atoms with E-state index in [2.05, 4.69) is 0 Å². The fourth-order valence-electron chi connectivity index (χ4n) is 2.32. The maximum Gasteiger partial charge on any atom is 0.327 e. The average Bonchev–Trinajstić information content (AvgIpc) is 2.71. The van der Waals surface area contributed by atoms with Crippen LogP contribution in [0.2, 0.25) is 0 Å². The minimum Gasteiger partial charge on any atom is -0.480 e. The van der Waals surface area contributed by atoms with Crippen molar-refractivity contribution in [2.45, 2.75) is 57.5 Å². The van der Waals surface area contributed by atoms with E-state index in [1.807, 2.05) is 20.8 Å². The van der Waals surface area contributed by atoms with E-state index in [1.54, 1.807) is 11.8 Å². The lowest BCUT2D eigenvalue weighted by Crippen LogP contribution is -2.52. The van der Waals surface area contributed by atoms with E-state index >= 15 is 0 Å². The standard InChI is InChI=1S/C13H24N2O3S/c1-4-5-11-15(10(7-19-11)13(17)18)12(16)9(14)6-8(2)3/h8-11H,4-7,14H2,1-3H3,(H,17,18). The molecule has 1 aliphatic heterocycles. The highest BCUT2D eigenvalue weighted by atomic mass is 32.2. The maximum atomic E-state index is 12.4. The molecular formula is C13H24N2O3S. The second-order valence-corrected chi connectivity index (χ2v) is 6.62. The summed E-state index contributed by atoms with van der Waals surface area (Å²) in [7, 11) is 0. The van der Waals surface area contributed by atoms with Gasteiger partial charge >= 0.3 is 5.97 Å². The van der Waals surface area contributed by atoms with Gasteiger partial charge in [0.1, 0.15) is 6.04 Å². The summed E-state index contributed by atoms with van der Waals surface area (Å²) in [6, 6.07) is -1.33. The minimum atomic E-state index is -0.934. The number of hydrogen-bond donors (Lipinski definition) is 2. The Morgan fingerprint density at radius 3 is 2.58 bits per heavy atom. The van der Waals surface area contributed by atoms with Crippen molar-refractivity contribution in [2.75, 3.05) is 5.75 Å². The van der Waals surface area contributed by atoms with Crippen LogP contribution in [-0.2, 0) is 9.59 Å². The van der Waals surface area contributed by atoms with E-state index < -0.39 is 18.1 Å². The number of carboxylic acid groups (broad SMARTS) is 1.